The van der Waals surface area contributed by atoms with Gasteiger partial charge in [0.2, 0.25) is 0 Å². The van der Waals surface area contributed by atoms with Crippen LogP contribution in [0.5, 0.6) is 5.75 Å². The minimum absolute atomic E-state index is 0.206. The van der Waals surface area contributed by atoms with Crippen LogP contribution in [0.4, 0.5) is 4.39 Å². The highest BCUT2D eigenvalue weighted by Gasteiger charge is 2.07. The Kier molecular flexibility index (Phi) is 11.5. The maximum atomic E-state index is 14.9. The lowest BCUT2D eigenvalue weighted by atomic mass is 9.99. The molecule has 0 bridgehead atoms. The molecule has 3 aromatic rings. The zero-order valence-electron chi connectivity index (χ0n) is 21.7. The SMILES string of the molecule is C=CCOc1ccc(-c2ccc(-c3ccc(/C=C/CCCC(C)OCCCCC)cc3F)cc2)cc1. The van der Waals surface area contributed by atoms with Gasteiger partial charge in [-0.2, -0.15) is 0 Å². The van der Waals surface area contributed by atoms with E-state index in [9.17, 15) is 4.39 Å². The Labute approximate surface area is 216 Å². The van der Waals surface area contributed by atoms with Crippen LogP contribution in [0.3, 0.4) is 0 Å². The number of hydrogen-bond donors (Lipinski definition) is 0. The van der Waals surface area contributed by atoms with Crippen LogP contribution in [0, 0.1) is 5.82 Å². The molecule has 0 saturated heterocycles. The number of halogens is 1. The van der Waals surface area contributed by atoms with Crippen LogP contribution >= 0.6 is 0 Å². The van der Waals surface area contributed by atoms with Crippen molar-refractivity contribution in [2.24, 2.45) is 0 Å². The van der Waals surface area contributed by atoms with Crippen LogP contribution in [0.2, 0.25) is 0 Å². The highest BCUT2D eigenvalue weighted by molar-refractivity contribution is 5.72. The van der Waals surface area contributed by atoms with Crippen molar-refractivity contribution in [2.75, 3.05) is 13.2 Å². The highest BCUT2D eigenvalue weighted by Crippen LogP contribution is 2.28. The molecular weight excluding hydrogens is 447 g/mol. The van der Waals surface area contributed by atoms with Crippen molar-refractivity contribution in [1.82, 2.24) is 0 Å². The van der Waals surface area contributed by atoms with E-state index in [-0.39, 0.29) is 5.82 Å². The lowest BCUT2D eigenvalue weighted by Crippen LogP contribution is -2.08. The molecule has 0 aliphatic carbocycles. The van der Waals surface area contributed by atoms with Gasteiger partial charge >= 0.3 is 0 Å². The van der Waals surface area contributed by atoms with Gasteiger partial charge < -0.3 is 9.47 Å². The van der Waals surface area contributed by atoms with Crippen LogP contribution in [0.1, 0.15) is 57.9 Å². The Morgan fingerprint density at radius 2 is 1.58 bits per heavy atom. The first kappa shape index (κ1) is 27.4. The minimum Gasteiger partial charge on any atom is -0.490 e. The number of benzene rings is 3. The Hall–Kier alpha value is -3.17. The van der Waals surface area contributed by atoms with E-state index in [1.165, 1.54) is 12.8 Å². The van der Waals surface area contributed by atoms with Crippen molar-refractivity contribution >= 4 is 6.08 Å². The molecule has 0 aromatic heterocycles. The Morgan fingerprint density at radius 3 is 2.25 bits per heavy atom. The predicted molar refractivity (Wildman–Crippen MR) is 151 cm³/mol. The van der Waals surface area contributed by atoms with E-state index in [0.29, 0.717) is 18.3 Å². The fourth-order valence-electron chi connectivity index (χ4n) is 4.07. The Morgan fingerprint density at radius 1 is 0.889 bits per heavy atom. The first-order valence-corrected chi connectivity index (χ1v) is 13.1. The molecule has 1 unspecified atom stereocenters. The second-order valence-corrected chi connectivity index (χ2v) is 9.16. The van der Waals surface area contributed by atoms with E-state index in [0.717, 1.165) is 60.3 Å². The summed E-state index contributed by atoms with van der Waals surface area (Å²) in [5, 5.41) is 0. The average Bonchev–Trinajstić information content (AvgIpc) is 2.90. The van der Waals surface area contributed by atoms with E-state index >= 15 is 0 Å². The summed E-state index contributed by atoms with van der Waals surface area (Å²) in [6, 6.07) is 21.4. The van der Waals surface area contributed by atoms with E-state index in [1.54, 1.807) is 12.1 Å². The van der Waals surface area contributed by atoms with E-state index < -0.39 is 0 Å². The smallest absolute Gasteiger partial charge is 0.131 e. The summed E-state index contributed by atoms with van der Waals surface area (Å²) < 4.78 is 26.3. The standard InChI is InChI=1S/C33H39FO2/c1-4-6-10-24-35-26(3)11-8-7-9-12-27-13-22-32(33(34)25-27)30-16-14-28(15-17-30)29-18-20-31(21-19-29)36-23-5-2/h5,9,12-22,25-26H,2,4,6-8,10-11,23-24H2,1,3H3/b12-9+. The molecule has 190 valence electrons. The topological polar surface area (TPSA) is 18.5 Å². The normalized spacial score (nSPS) is 12.1. The average molecular weight is 487 g/mol. The molecule has 0 saturated carbocycles. The molecule has 1 atom stereocenters. The van der Waals surface area contributed by atoms with Crippen molar-refractivity contribution in [3.63, 3.8) is 0 Å². The number of rotatable bonds is 15. The van der Waals surface area contributed by atoms with E-state index in [1.807, 2.05) is 66.7 Å². The van der Waals surface area contributed by atoms with Crippen LogP contribution in [0.15, 0.2) is 85.5 Å². The number of allylic oxidation sites excluding steroid dienone is 1. The molecule has 3 rings (SSSR count). The van der Waals surface area contributed by atoms with Gasteiger partial charge in [-0.15, -0.1) is 0 Å². The summed E-state index contributed by atoms with van der Waals surface area (Å²) in [6.45, 7) is 9.36. The summed E-state index contributed by atoms with van der Waals surface area (Å²) in [5.41, 5.74) is 4.53. The zero-order valence-corrected chi connectivity index (χ0v) is 21.7. The Bertz CT molecular complexity index is 1080. The van der Waals surface area contributed by atoms with Gasteiger partial charge in [-0.05, 0) is 73.1 Å². The molecule has 0 heterocycles. The maximum Gasteiger partial charge on any atom is 0.131 e. The molecule has 0 aliphatic rings. The van der Waals surface area contributed by atoms with Crippen LogP contribution < -0.4 is 4.74 Å². The fraction of sp³-hybridized carbons (Fsp3) is 0.333. The minimum atomic E-state index is -0.206. The summed E-state index contributed by atoms with van der Waals surface area (Å²) in [4.78, 5) is 0. The van der Waals surface area contributed by atoms with Crippen molar-refractivity contribution in [1.29, 1.82) is 0 Å². The second kappa shape index (κ2) is 15.1. The summed E-state index contributed by atoms with van der Waals surface area (Å²) >= 11 is 0. The largest absolute Gasteiger partial charge is 0.490 e. The van der Waals surface area contributed by atoms with E-state index in [2.05, 4.69) is 26.5 Å². The Balaban J connectivity index is 1.51. The zero-order chi connectivity index (χ0) is 25.6. The van der Waals surface area contributed by atoms with Crippen molar-refractivity contribution in [3.8, 4) is 28.0 Å². The third-order valence-electron chi connectivity index (χ3n) is 6.19. The van der Waals surface area contributed by atoms with Gasteiger partial charge in [0.1, 0.15) is 18.2 Å². The van der Waals surface area contributed by atoms with Crippen LogP contribution in [0.25, 0.3) is 28.3 Å². The highest BCUT2D eigenvalue weighted by atomic mass is 19.1. The first-order chi connectivity index (χ1) is 17.6. The summed E-state index contributed by atoms with van der Waals surface area (Å²) in [7, 11) is 0. The molecule has 0 spiro atoms. The van der Waals surface area contributed by atoms with Gasteiger partial charge in [-0.25, -0.2) is 4.39 Å². The van der Waals surface area contributed by atoms with Crippen molar-refractivity contribution in [2.45, 2.75) is 58.5 Å². The molecule has 0 amide bonds. The molecule has 3 aromatic carbocycles. The molecular formula is C33H39FO2. The third kappa shape index (κ3) is 8.80. The van der Waals surface area contributed by atoms with Gasteiger partial charge in [-0.3, -0.25) is 0 Å². The quantitative estimate of drug-likeness (QED) is 0.157. The number of ether oxygens (including phenoxy) is 2. The van der Waals surface area contributed by atoms with E-state index in [4.69, 9.17) is 9.47 Å². The predicted octanol–water partition coefficient (Wildman–Crippen LogP) is 9.50. The number of unbranched alkanes of at least 4 members (excludes halogenated alkanes) is 3. The van der Waals surface area contributed by atoms with Gasteiger partial charge in [0, 0.05) is 12.2 Å². The van der Waals surface area contributed by atoms with Gasteiger partial charge in [0.25, 0.3) is 0 Å². The molecule has 2 nitrogen and oxygen atoms in total. The van der Waals surface area contributed by atoms with Crippen molar-refractivity contribution < 1.29 is 13.9 Å². The van der Waals surface area contributed by atoms with Crippen LogP contribution in [-0.4, -0.2) is 19.3 Å². The molecule has 0 aliphatic heterocycles. The molecule has 0 fully saturated rings. The fourth-order valence-corrected chi connectivity index (χ4v) is 4.07. The molecule has 3 heteroatoms. The summed E-state index contributed by atoms with van der Waals surface area (Å²) in [6.07, 6.45) is 12.8. The summed E-state index contributed by atoms with van der Waals surface area (Å²) in [5.74, 6) is 0.607. The monoisotopic (exact) mass is 486 g/mol. The molecule has 0 radical (unpaired) electrons. The second-order valence-electron chi connectivity index (χ2n) is 9.16. The lowest BCUT2D eigenvalue weighted by molar-refractivity contribution is 0.0566. The number of hydrogen-bond acceptors (Lipinski definition) is 2. The molecule has 36 heavy (non-hydrogen) atoms. The van der Waals surface area contributed by atoms with Gasteiger partial charge in [-0.1, -0.05) is 93.1 Å². The lowest BCUT2D eigenvalue weighted by Gasteiger charge is -2.12. The third-order valence-corrected chi connectivity index (χ3v) is 6.19. The van der Waals surface area contributed by atoms with Gasteiger partial charge in [0.05, 0.1) is 6.10 Å². The molecule has 0 N–H and O–H groups in total. The maximum absolute atomic E-state index is 14.9. The van der Waals surface area contributed by atoms with Crippen molar-refractivity contribution in [3.05, 3.63) is 96.8 Å². The van der Waals surface area contributed by atoms with Gasteiger partial charge in [0.15, 0.2) is 0 Å². The van der Waals surface area contributed by atoms with Crippen LogP contribution in [-0.2, 0) is 4.74 Å². The first-order valence-electron chi connectivity index (χ1n) is 13.1.